The third-order valence-electron chi connectivity index (χ3n) is 8.91. The van der Waals surface area contributed by atoms with Crippen LogP contribution < -0.4 is 0 Å². The van der Waals surface area contributed by atoms with Gasteiger partial charge in [-0.1, -0.05) is 103 Å². The van der Waals surface area contributed by atoms with Crippen molar-refractivity contribution in [2.75, 3.05) is 0 Å². The first kappa shape index (κ1) is 27.2. The Kier molecular flexibility index (Phi) is 11.9. The van der Waals surface area contributed by atoms with Crippen LogP contribution >= 0.6 is 0 Å². The van der Waals surface area contributed by atoms with E-state index in [2.05, 4.69) is 6.92 Å². The monoisotopic (exact) mass is 471 g/mol. The highest BCUT2D eigenvalue weighted by atomic mass is 19.1. The SMILES string of the molecule is CCCCCCCCCC[C@H]1CC[C@H](CC[C@H]2CC[C@H](c3cc(F)c(C#N)c(F)c3)CC2)CC1. The quantitative estimate of drug-likeness (QED) is 0.262. The Morgan fingerprint density at radius 1 is 0.676 bits per heavy atom. The fourth-order valence-corrected chi connectivity index (χ4v) is 6.57. The standard InChI is InChI=1S/C31H47F2N/c1-2-3-4-5-6-7-8-9-10-24-11-13-25(14-12-24)15-16-26-17-19-27(20-18-26)28-21-30(32)29(23-34)31(33)22-28/h21-22,24-27H,2-20H2,1H3/t24-,25-,26-,27-. The third kappa shape index (κ3) is 8.66. The molecule has 0 radical (unpaired) electrons. The molecule has 2 aliphatic carbocycles. The van der Waals surface area contributed by atoms with Crippen LogP contribution in [0.25, 0.3) is 0 Å². The molecule has 0 aromatic heterocycles. The molecule has 2 saturated carbocycles. The molecule has 0 heterocycles. The molecule has 0 unspecified atom stereocenters. The van der Waals surface area contributed by atoms with E-state index >= 15 is 0 Å². The van der Waals surface area contributed by atoms with Gasteiger partial charge in [-0.25, -0.2) is 8.78 Å². The predicted molar refractivity (Wildman–Crippen MR) is 138 cm³/mol. The number of benzene rings is 1. The average Bonchev–Trinajstić information content (AvgIpc) is 2.85. The van der Waals surface area contributed by atoms with Crippen LogP contribution in [0.4, 0.5) is 8.78 Å². The van der Waals surface area contributed by atoms with Gasteiger partial charge in [0.25, 0.3) is 0 Å². The van der Waals surface area contributed by atoms with Crippen LogP contribution in [0.5, 0.6) is 0 Å². The maximum atomic E-state index is 14.0. The van der Waals surface area contributed by atoms with Gasteiger partial charge in [-0.2, -0.15) is 5.26 Å². The molecule has 190 valence electrons. The van der Waals surface area contributed by atoms with Crippen molar-refractivity contribution in [2.45, 2.75) is 135 Å². The molecule has 1 nitrogen and oxygen atoms in total. The Morgan fingerprint density at radius 3 is 1.62 bits per heavy atom. The molecule has 0 saturated heterocycles. The zero-order valence-electron chi connectivity index (χ0n) is 21.6. The van der Waals surface area contributed by atoms with Crippen LogP contribution in [0.3, 0.4) is 0 Å². The molecule has 1 aromatic rings. The second-order valence-corrected chi connectivity index (χ2v) is 11.4. The van der Waals surface area contributed by atoms with E-state index in [4.69, 9.17) is 5.26 Å². The van der Waals surface area contributed by atoms with Gasteiger partial charge in [0.1, 0.15) is 23.3 Å². The normalized spacial score (nSPS) is 25.2. The Bertz CT molecular complexity index is 728. The Morgan fingerprint density at radius 2 is 1.12 bits per heavy atom. The summed E-state index contributed by atoms with van der Waals surface area (Å²) in [4.78, 5) is 0. The minimum absolute atomic E-state index is 0.236. The highest BCUT2D eigenvalue weighted by molar-refractivity contribution is 5.36. The molecule has 2 fully saturated rings. The Hall–Kier alpha value is -1.43. The first-order chi connectivity index (χ1) is 16.6. The van der Waals surface area contributed by atoms with E-state index in [0.717, 1.165) is 36.2 Å². The van der Waals surface area contributed by atoms with E-state index in [0.29, 0.717) is 0 Å². The van der Waals surface area contributed by atoms with Crippen LogP contribution in [0.15, 0.2) is 12.1 Å². The lowest BCUT2D eigenvalue weighted by molar-refractivity contribution is 0.222. The number of unbranched alkanes of at least 4 members (excludes halogenated alkanes) is 7. The van der Waals surface area contributed by atoms with Crippen molar-refractivity contribution in [1.82, 2.24) is 0 Å². The van der Waals surface area contributed by atoms with Crippen LogP contribution in [0, 0.1) is 40.7 Å². The van der Waals surface area contributed by atoms with Crippen molar-refractivity contribution in [3.8, 4) is 6.07 Å². The van der Waals surface area contributed by atoms with Gasteiger partial charge in [-0.3, -0.25) is 0 Å². The minimum atomic E-state index is -0.711. The topological polar surface area (TPSA) is 23.8 Å². The Labute approximate surface area is 207 Å². The summed E-state index contributed by atoms with van der Waals surface area (Å²) in [5.41, 5.74) is 0.284. The molecule has 0 aliphatic heterocycles. The molecular weight excluding hydrogens is 424 g/mol. The van der Waals surface area contributed by atoms with Crippen molar-refractivity contribution in [2.24, 2.45) is 17.8 Å². The number of nitrogens with zero attached hydrogens (tertiary/aromatic N) is 1. The van der Waals surface area contributed by atoms with E-state index in [1.807, 2.05) is 0 Å². The van der Waals surface area contributed by atoms with Gasteiger partial charge in [0.05, 0.1) is 0 Å². The van der Waals surface area contributed by atoms with Crippen molar-refractivity contribution >= 4 is 0 Å². The summed E-state index contributed by atoms with van der Waals surface area (Å²) in [5, 5.41) is 8.87. The summed E-state index contributed by atoms with van der Waals surface area (Å²) < 4.78 is 28.0. The molecule has 3 heteroatoms. The molecule has 1 aromatic carbocycles. The predicted octanol–water partition coefficient (Wildman–Crippen LogP) is 10.2. The highest BCUT2D eigenvalue weighted by Gasteiger charge is 2.26. The highest BCUT2D eigenvalue weighted by Crippen LogP contribution is 2.40. The first-order valence-electron chi connectivity index (χ1n) is 14.5. The van der Waals surface area contributed by atoms with Crippen LogP contribution in [0.1, 0.15) is 146 Å². The first-order valence-corrected chi connectivity index (χ1v) is 14.5. The summed E-state index contributed by atoms with van der Waals surface area (Å²) in [7, 11) is 0. The lowest BCUT2D eigenvalue weighted by Gasteiger charge is -2.32. The fraction of sp³-hybridized carbons (Fsp3) is 0.774. The number of hydrogen-bond acceptors (Lipinski definition) is 1. The van der Waals surface area contributed by atoms with Gasteiger partial charge in [0.15, 0.2) is 0 Å². The average molecular weight is 472 g/mol. The summed E-state index contributed by atoms with van der Waals surface area (Å²) in [5.74, 6) is 1.50. The lowest BCUT2D eigenvalue weighted by atomic mass is 9.74. The maximum absolute atomic E-state index is 14.0. The Balaban J connectivity index is 1.25. The summed E-state index contributed by atoms with van der Waals surface area (Å²) in [6.07, 6.45) is 25.7. The van der Waals surface area contributed by atoms with Crippen LogP contribution in [-0.2, 0) is 0 Å². The molecule has 2 aliphatic rings. The van der Waals surface area contributed by atoms with Gasteiger partial charge in [0, 0.05) is 0 Å². The van der Waals surface area contributed by atoms with Crippen LogP contribution in [-0.4, -0.2) is 0 Å². The molecular formula is C31H47F2N. The molecule has 3 rings (SSSR count). The van der Waals surface area contributed by atoms with E-state index < -0.39 is 17.2 Å². The van der Waals surface area contributed by atoms with Gasteiger partial charge in [-0.15, -0.1) is 0 Å². The molecule has 0 spiro atoms. The summed E-state index contributed by atoms with van der Waals surface area (Å²) in [6.45, 7) is 2.29. The van der Waals surface area contributed by atoms with Gasteiger partial charge < -0.3 is 0 Å². The molecule has 0 amide bonds. The maximum Gasteiger partial charge on any atom is 0.144 e. The third-order valence-corrected chi connectivity index (χ3v) is 8.91. The number of nitriles is 1. The second-order valence-electron chi connectivity index (χ2n) is 11.4. The number of hydrogen-bond donors (Lipinski definition) is 0. The van der Waals surface area contributed by atoms with Crippen molar-refractivity contribution in [3.05, 3.63) is 34.9 Å². The molecule has 34 heavy (non-hydrogen) atoms. The second kappa shape index (κ2) is 14.9. The number of halogens is 2. The summed E-state index contributed by atoms with van der Waals surface area (Å²) in [6, 6.07) is 4.40. The van der Waals surface area contributed by atoms with E-state index in [1.54, 1.807) is 6.07 Å². The zero-order chi connectivity index (χ0) is 24.2. The zero-order valence-corrected chi connectivity index (χ0v) is 21.6. The van der Waals surface area contributed by atoms with E-state index in [-0.39, 0.29) is 5.92 Å². The van der Waals surface area contributed by atoms with Crippen molar-refractivity contribution in [3.63, 3.8) is 0 Å². The van der Waals surface area contributed by atoms with Gasteiger partial charge >= 0.3 is 0 Å². The van der Waals surface area contributed by atoms with Gasteiger partial charge in [0.2, 0.25) is 0 Å². The van der Waals surface area contributed by atoms with Crippen LogP contribution in [0.2, 0.25) is 0 Å². The smallest absolute Gasteiger partial charge is 0.144 e. The molecule has 0 atom stereocenters. The minimum Gasteiger partial charge on any atom is -0.205 e. The van der Waals surface area contributed by atoms with E-state index in [1.165, 1.54) is 121 Å². The lowest BCUT2D eigenvalue weighted by Crippen LogP contribution is -2.18. The molecule has 0 bridgehead atoms. The largest absolute Gasteiger partial charge is 0.205 e. The molecule has 0 N–H and O–H groups in total. The van der Waals surface area contributed by atoms with Crippen molar-refractivity contribution < 1.29 is 8.78 Å². The van der Waals surface area contributed by atoms with Gasteiger partial charge in [-0.05, 0) is 67.1 Å². The van der Waals surface area contributed by atoms with Crippen molar-refractivity contribution in [1.29, 1.82) is 5.26 Å². The van der Waals surface area contributed by atoms with E-state index in [9.17, 15) is 8.78 Å². The number of rotatable bonds is 13. The fourth-order valence-electron chi connectivity index (χ4n) is 6.57. The summed E-state index contributed by atoms with van der Waals surface area (Å²) >= 11 is 0.